The number of nitrogens with one attached hydrogen (secondary N) is 1. The van der Waals surface area contributed by atoms with E-state index in [4.69, 9.17) is 9.47 Å². The molecule has 0 saturated carbocycles. The molecule has 2 aromatic carbocycles. The van der Waals surface area contributed by atoms with Gasteiger partial charge in [-0.2, -0.15) is 4.98 Å². The van der Waals surface area contributed by atoms with E-state index in [1.54, 1.807) is 46.2 Å². The standard InChI is InChI=1S/C29H34BrN3O4.2C2H6/c1-28(2,3)21-14-12-20(13-15-21)25(34)32-23(27(35)37-29(4,5)6)16-18-8-10-19(11-9-18)24-31-17-22(30)26(33-24)36-7;2*1-2/h8-15,17,23H,16H2,1-7H3,(H,32,34);2*1-2H3. The first-order chi connectivity index (χ1) is 19.3. The third-order valence-corrected chi connectivity index (χ3v) is 6.11. The normalized spacial score (nSPS) is 11.6. The SMILES string of the molecule is CC.CC.COc1nc(-c2ccc(CC(NC(=O)c3ccc(C(C)(C)C)cc3)C(=O)OC(C)(C)C)cc2)ncc1Br. The topological polar surface area (TPSA) is 90.4 Å². The van der Waals surface area contributed by atoms with E-state index < -0.39 is 17.6 Å². The molecule has 1 N–H and O–H groups in total. The molecule has 8 heteroatoms. The number of esters is 1. The number of carbonyl (C=O) groups is 2. The average molecular weight is 629 g/mol. The summed E-state index contributed by atoms with van der Waals surface area (Å²) in [7, 11) is 1.55. The van der Waals surface area contributed by atoms with Gasteiger partial charge in [0.15, 0.2) is 5.82 Å². The van der Waals surface area contributed by atoms with E-state index in [2.05, 4.69) is 52.0 Å². The van der Waals surface area contributed by atoms with Crippen molar-refractivity contribution in [1.29, 1.82) is 0 Å². The summed E-state index contributed by atoms with van der Waals surface area (Å²) < 4.78 is 11.5. The Kier molecular flexibility index (Phi) is 14.2. The van der Waals surface area contributed by atoms with Crippen LogP contribution in [0.25, 0.3) is 11.4 Å². The summed E-state index contributed by atoms with van der Waals surface area (Å²) in [5, 5.41) is 2.87. The molecule has 1 atom stereocenters. The van der Waals surface area contributed by atoms with Crippen LogP contribution in [0.2, 0.25) is 0 Å². The molecule has 1 aromatic heterocycles. The van der Waals surface area contributed by atoms with Crippen LogP contribution in [0.3, 0.4) is 0 Å². The van der Waals surface area contributed by atoms with Crippen LogP contribution in [0.15, 0.2) is 59.2 Å². The van der Waals surface area contributed by atoms with Crippen LogP contribution in [-0.4, -0.2) is 40.6 Å². The molecule has 1 unspecified atom stereocenters. The zero-order valence-corrected chi connectivity index (χ0v) is 28.0. The summed E-state index contributed by atoms with van der Waals surface area (Å²) in [5.74, 6) is 0.139. The van der Waals surface area contributed by atoms with Crippen LogP contribution in [0.1, 0.15) is 90.7 Å². The van der Waals surface area contributed by atoms with Crippen LogP contribution < -0.4 is 10.1 Å². The van der Waals surface area contributed by atoms with Crippen molar-refractivity contribution in [3.8, 4) is 17.3 Å². The third kappa shape index (κ3) is 11.3. The Labute approximate surface area is 254 Å². The molecule has 0 aliphatic rings. The molecule has 3 rings (SSSR count). The number of amides is 1. The number of methoxy groups -OCH3 is 1. The molecule has 224 valence electrons. The highest BCUT2D eigenvalue weighted by molar-refractivity contribution is 9.10. The molecular weight excluding hydrogens is 582 g/mol. The third-order valence-electron chi connectivity index (χ3n) is 5.57. The van der Waals surface area contributed by atoms with Crippen molar-refractivity contribution in [1.82, 2.24) is 15.3 Å². The smallest absolute Gasteiger partial charge is 0.329 e. The second-order valence-electron chi connectivity index (χ2n) is 10.8. The van der Waals surface area contributed by atoms with E-state index in [0.29, 0.717) is 21.7 Å². The van der Waals surface area contributed by atoms with E-state index in [9.17, 15) is 9.59 Å². The quantitative estimate of drug-likeness (QED) is 0.267. The van der Waals surface area contributed by atoms with Gasteiger partial charge in [0.05, 0.1) is 11.6 Å². The monoisotopic (exact) mass is 627 g/mol. The molecule has 0 fully saturated rings. The van der Waals surface area contributed by atoms with Crippen molar-refractivity contribution >= 4 is 27.8 Å². The van der Waals surface area contributed by atoms with Gasteiger partial charge in [0, 0.05) is 23.7 Å². The first-order valence-electron chi connectivity index (χ1n) is 14.1. The lowest BCUT2D eigenvalue weighted by molar-refractivity contribution is -0.157. The molecule has 0 spiro atoms. The lowest BCUT2D eigenvalue weighted by atomic mass is 9.86. The zero-order valence-electron chi connectivity index (χ0n) is 26.4. The van der Waals surface area contributed by atoms with Gasteiger partial charge in [-0.25, -0.2) is 9.78 Å². The number of aromatic nitrogens is 2. The first kappa shape index (κ1) is 35.8. The number of ether oxygens (including phenoxy) is 2. The van der Waals surface area contributed by atoms with E-state index in [1.807, 2.05) is 64.1 Å². The van der Waals surface area contributed by atoms with Crippen LogP contribution in [0.4, 0.5) is 0 Å². The maximum atomic E-state index is 13.1. The second-order valence-corrected chi connectivity index (χ2v) is 11.7. The summed E-state index contributed by atoms with van der Waals surface area (Å²) in [6.07, 6.45) is 1.91. The summed E-state index contributed by atoms with van der Waals surface area (Å²) in [4.78, 5) is 34.8. The Bertz CT molecular complexity index is 1250. The van der Waals surface area contributed by atoms with Crippen LogP contribution in [0.5, 0.6) is 5.88 Å². The van der Waals surface area contributed by atoms with E-state index in [0.717, 1.165) is 16.7 Å². The summed E-state index contributed by atoms with van der Waals surface area (Å²) in [5.41, 5.74) is 2.56. The Morgan fingerprint density at radius 1 is 0.902 bits per heavy atom. The Morgan fingerprint density at radius 3 is 1.95 bits per heavy atom. The summed E-state index contributed by atoms with van der Waals surface area (Å²) in [6.45, 7) is 19.8. The highest BCUT2D eigenvalue weighted by Crippen LogP contribution is 2.25. The molecule has 0 bridgehead atoms. The number of rotatable bonds is 7. The van der Waals surface area contributed by atoms with E-state index in [1.165, 1.54) is 0 Å². The highest BCUT2D eigenvalue weighted by Gasteiger charge is 2.27. The lowest BCUT2D eigenvalue weighted by Gasteiger charge is -2.25. The van der Waals surface area contributed by atoms with Gasteiger partial charge in [0.1, 0.15) is 11.6 Å². The molecule has 3 aromatic rings. The Hall–Kier alpha value is -3.26. The first-order valence-corrected chi connectivity index (χ1v) is 14.9. The molecule has 7 nitrogen and oxygen atoms in total. The summed E-state index contributed by atoms with van der Waals surface area (Å²) >= 11 is 3.36. The fourth-order valence-electron chi connectivity index (χ4n) is 3.59. The minimum absolute atomic E-state index is 0.0212. The van der Waals surface area contributed by atoms with Crippen LogP contribution in [0, 0.1) is 0 Å². The fraction of sp³-hybridized carbons (Fsp3) is 0.455. The van der Waals surface area contributed by atoms with Crippen molar-refractivity contribution in [2.45, 2.75) is 92.7 Å². The number of benzene rings is 2. The lowest BCUT2D eigenvalue weighted by Crippen LogP contribution is -2.45. The van der Waals surface area contributed by atoms with Crippen molar-refractivity contribution in [2.24, 2.45) is 0 Å². The number of hydrogen-bond donors (Lipinski definition) is 1. The largest absolute Gasteiger partial charge is 0.480 e. The maximum absolute atomic E-state index is 13.1. The minimum atomic E-state index is -0.858. The molecule has 0 radical (unpaired) electrons. The van der Waals surface area contributed by atoms with Crippen molar-refractivity contribution in [3.63, 3.8) is 0 Å². The molecular formula is C33H46BrN3O4. The van der Waals surface area contributed by atoms with Gasteiger partial charge in [-0.1, -0.05) is 84.9 Å². The minimum Gasteiger partial charge on any atom is -0.480 e. The molecule has 1 heterocycles. The fourth-order valence-corrected chi connectivity index (χ4v) is 3.94. The van der Waals surface area contributed by atoms with Crippen molar-refractivity contribution in [2.75, 3.05) is 7.11 Å². The zero-order chi connectivity index (χ0) is 31.4. The van der Waals surface area contributed by atoms with Gasteiger partial charge in [-0.15, -0.1) is 0 Å². The van der Waals surface area contributed by atoms with Gasteiger partial charge < -0.3 is 14.8 Å². The average Bonchev–Trinajstić information content (AvgIpc) is 2.94. The van der Waals surface area contributed by atoms with Gasteiger partial charge >= 0.3 is 5.97 Å². The van der Waals surface area contributed by atoms with Crippen molar-refractivity contribution < 1.29 is 19.1 Å². The Morgan fingerprint density at radius 2 is 1.46 bits per heavy atom. The van der Waals surface area contributed by atoms with Crippen LogP contribution in [-0.2, 0) is 21.4 Å². The van der Waals surface area contributed by atoms with Crippen LogP contribution >= 0.6 is 15.9 Å². The maximum Gasteiger partial charge on any atom is 0.329 e. The number of carbonyl (C=O) groups excluding carboxylic acids is 2. The number of halogens is 1. The number of nitrogens with zero attached hydrogens (tertiary/aromatic N) is 2. The highest BCUT2D eigenvalue weighted by atomic mass is 79.9. The van der Waals surface area contributed by atoms with Gasteiger partial charge in [-0.3, -0.25) is 4.79 Å². The molecule has 41 heavy (non-hydrogen) atoms. The molecule has 1 amide bonds. The van der Waals surface area contributed by atoms with Gasteiger partial charge in [0.2, 0.25) is 5.88 Å². The number of hydrogen-bond acceptors (Lipinski definition) is 6. The second kappa shape index (κ2) is 16.2. The van der Waals surface area contributed by atoms with E-state index in [-0.39, 0.29) is 17.7 Å². The van der Waals surface area contributed by atoms with Gasteiger partial charge in [-0.05, 0) is 65.4 Å². The predicted molar refractivity (Wildman–Crippen MR) is 170 cm³/mol. The predicted octanol–water partition coefficient (Wildman–Crippen LogP) is 7.95. The summed E-state index contributed by atoms with van der Waals surface area (Å²) in [6, 6.07) is 14.1. The molecule has 0 aliphatic heterocycles. The van der Waals surface area contributed by atoms with Gasteiger partial charge in [0.25, 0.3) is 5.91 Å². The van der Waals surface area contributed by atoms with Crippen molar-refractivity contribution in [3.05, 3.63) is 75.9 Å². The van der Waals surface area contributed by atoms with E-state index >= 15 is 0 Å². The Balaban J connectivity index is 0.00000201. The molecule has 0 saturated heterocycles. The molecule has 0 aliphatic carbocycles.